The molecule has 0 bridgehead atoms. The monoisotopic (exact) mass is 288 g/mol. The van der Waals surface area contributed by atoms with Crippen molar-refractivity contribution in [3.63, 3.8) is 0 Å². The van der Waals surface area contributed by atoms with Crippen molar-refractivity contribution in [2.24, 2.45) is 0 Å². The second-order valence-electron chi connectivity index (χ2n) is 2.28. The van der Waals surface area contributed by atoms with Gasteiger partial charge in [-0.3, -0.25) is 0 Å². The topological polar surface area (TPSA) is 49.8 Å². The number of alkyl halides is 1. The summed E-state index contributed by atoms with van der Waals surface area (Å²) in [6.07, 6.45) is 0. The van der Waals surface area contributed by atoms with Gasteiger partial charge in [-0.25, -0.2) is 0 Å². The third-order valence-corrected chi connectivity index (χ3v) is 2.75. The average molecular weight is 290 g/mol. The summed E-state index contributed by atoms with van der Waals surface area (Å²) >= 11 is 6.58. The SMILES string of the molecule is N#Cc1cc(Br)c(N)c(CBr)c1. The van der Waals surface area contributed by atoms with E-state index >= 15 is 0 Å². The van der Waals surface area contributed by atoms with Crippen LogP contribution in [0.2, 0.25) is 0 Å². The molecule has 1 aromatic rings. The number of nitrogens with two attached hydrogens (primary N) is 1. The maximum Gasteiger partial charge on any atom is 0.0992 e. The van der Waals surface area contributed by atoms with Gasteiger partial charge in [0.15, 0.2) is 0 Å². The molecule has 0 unspecified atom stereocenters. The summed E-state index contributed by atoms with van der Waals surface area (Å²) in [5.74, 6) is 0. The first kappa shape index (κ1) is 9.56. The molecule has 1 rings (SSSR count). The molecule has 12 heavy (non-hydrogen) atoms. The molecule has 1 aromatic carbocycles. The molecule has 0 fully saturated rings. The fourth-order valence-electron chi connectivity index (χ4n) is 0.850. The molecule has 0 aromatic heterocycles. The second-order valence-corrected chi connectivity index (χ2v) is 3.69. The van der Waals surface area contributed by atoms with Crippen molar-refractivity contribution in [1.29, 1.82) is 5.26 Å². The van der Waals surface area contributed by atoms with Crippen molar-refractivity contribution in [2.75, 3.05) is 5.73 Å². The van der Waals surface area contributed by atoms with Gasteiger partial charge in [0, 0.05) is 9.80 Å². The van der Waals surface area contributed by atoms with E-state index in [1.165, 1.54) is 0 Å². The smallest absolute Gasteiger partial charge is 0.0992 e. The van der Waals surface area contributed by atoms with Gasteiger partial charge in [0.1, 0.15) is 0 Å². The number of benzene rings is 1. The van der Waals surface area contributed by atoms with Gasteiger partial charge in [0.2, 0.25) is 0 Å². The van der Waals surface area contributed by atoms with Gasteiger partial charge in [0.05, 0.1) is 17.3 Å². The van der Waals surface area contributed by atoms with E-state index in [4.69, 9.17) is 11.0 Å². The number of anilines is 1. The Hall–Kier alpha value is -0.530. The normalized spacial score (nSPS) is 9.42. The molecule has 0 amide bonds. The molecule has 0 aliphatic carbocycles. The van der Waals surface area contributed by atoms with E-state index in [0.29, 0.717) is 16.6 Å². The number of nitriles is 1. The minimum Gasteiger partial charge on any atom is -0.398 e. The molecular weight excluding hydrogens is 284 g/mol. The number of hydrogen-bond acceptors (Lipinski definition) is 2. The summed E-state index contributed by atoms with van der Waals surface area (Å²) in [4.78, 5) is 0. The molecule has 62 valence electrons. The van der Waals surface area contributed by atoms with Crippen LogP contribution in [0.4, 0.5) is 5.69 Å². The lowest BCUT2D eigenvalue weighted by Crippen LogP contribution is -1.94. The predicted octanol–water partition coefficient (Wildman–Crippen LogP) is 2.80. The predicted molar refractivity (Wildman–Crippen MR) is 55.9 cm³/mol. The zero-order valence-electron chi connectivity index (χ0n) is 6.14. The van der Waals surface area contributed by atoms with Gasteiger partial charge in [-0.1, -0.05) is 15.9 Å². The van der Waals surface area contributed by atoms with Crippen molar-refractivity contribution in [3.05, 3.63) is 27.7 Å². The first-order valence-electron chi connectivity index (χ1n) is 3.23. The van der Waals surface area contributed by atoms with Crippen molar-refractivity contribution >= 4 is 37.5 Å². The number of halogens is 2. The molecule has 2 nitrogen and oxygen atoms in total. The Bertz CT molecular complexity index is 342. The highest BCUT2D eigenvalue weighted by atomic mass is 79.9. The van der Waals surface area contributed by atoms with Crippen LogP contribution in [-0.4, -0.2) is 0 Å². The van der Waals surface area contributed by atoms with E-state index in [2.05, 4.69) is 37.9 Å². The minimum absolute atomic E-state index is 0.616. The lowest BCUT2D eigenvalue weighted by molar-refractivity contribution is 1.39. The average Bonchev–Trinajstić information content (AvgIpc) is 2.09. The Morgan fingerprint density at radius 2 is 2.17 bits per heavy atom. The quantitative estimate of drug-likeness (QED) is 0.638. The van der Waals surface area contributed by atoms with Crippen molar-refractivity contribution < 1.29 is 0 Å². The van der Waals surface area contributed by atoms with E-state index in [0.717, 1.165) is 10.0 Å². The third kappa shape index (κ3) is 1.79. The summed E-state index contributed by atoms with van der Waals surface area (Å²) in [5.41, 5.74) is 7.96. The lowest BCUT2D eigenvalue weighted by Gasteiger charge is -2.04. The van der Waals surface area contributed by atoms with Gasteiger partial charge in [-0.05, 0) is 33.6 Å². The Balaban J connectivity index is 3.31. The molecule has 0 radical (unpaired) electrons. The fraction of sp³-hybridized carbons (Fsp3) is 0.125. The second kappa shape index (κ2) is 3.92. The Morgan fingerprint density at radius 1 is 1.50 bits per heavy atom. The Labute approximate surface area is 87.6 Å². The molecule has 0 saturated heterocycles. The van der Waals surface area contributed by atoms with Gasteiger partial charge in [-0.15, -0.1) is 0 Å². The van der Waals surface area contributed by atoms with E-state index in [-0.39, 0.29) is 0 Å². The molecule has 0 aliphatic heterocycles. The molecule has 0 spiro atoms. The molecule has 0 atom stereocenters. The van der Waals surface area contributed by atoms with Gasteiger partial charge >= 0.3 is 0 Å². The van der Waals surface area contributed by atoms with Crippen LogP contribution in [0.25, 0.3) is 0 Å². The number of hydrogen-bond donors (Lipinski definition) is 1. The lowest BCUT2D eigenvalue weighted by atomic mass is 10.1. The van der Waals surface area contributed by atoms with E-state index < -0.39 is 0 Å². The van der Waals surface area contributed by atoms with Crippen LogP contribution in [0.5, 0.6) is 0 Å². The van der Waals surface area contributed by atoms with Crippen molar-refractivity contribution in [3.8, 4) is 6.07 Å². The molecule has 0 saturated carbocycles. The first-order chi connectivity index (χ1) is 5.69. The number of rotatable bonds is 1. The number of nitrogen functional groups attached to an aromatic ring is 1. The third-order valence-electron chi connectivity index (χ3n) is 1.49. The highest BCUT2D eigenvalue weighted by molar-refractivity contribution is 9.10. The van der Waals surface area contributed by atoms with Crippen LogP contribution >= 0.6 is 31.9 Å². The molecule has 0 heterocycles. The number of nitrogens with zero attached hydrogens (tertiary/aromatic N) is 1. The molecular formula is C8H6Br2N2. The summed E-state index contributed by atoms with van der Waals surface area (Å²) < 4.78 is 0.774. The molecule has 4 heteroatoms. The van der Waals surface area contributed by atoms with Crippen molar-refractivity contribution in [1.82, 2.24) is 0 Å². The van der Waals surface area contributed by atoms with Crippen LogP contribution in [0.3, 0.4) is 0 Å². The summed E-state index contributed by atoms with van der Waals surface area (Å²) in [6, 6.07) is 5.55. The maximum atomic E-state index is 8.65. The minimum atomic E-state index is 0.616. The van der Waals surface area contributed by atoms with Crippen LogP contribution < -0.4 is 5.73 Å². The Morgan fingerprint density at radius 3 is 2.67 bits per heavy atom. The summed E-state index contributed by atoms with van der Waals surface area (Å²) in [5, 5.41) is 9.31. The van der Waals surface area contributed by atoms with E-state index in [1.807, 2.05) is 0 Å². The van der Waals surface area contributed by atoms with Gasteiger partial charge < -0.3 is 5.73 Å². The van der Waals surface area contributed by atoms with Crippen LogP contribution in [-0.2, 0) is 5.33 Å². The van der Waals surface area contributed by atoms with Crippen LogP contribution in [0, 0.1) is 11.3 Å². The van der Waals surface area contributed by atoms with Crippen molar-refractivity contribution in [2.45, 2.75) is 5.33 Å². The molecule has 0 aliphatic rings. The zero-order valence-corrected chi connectivity index (χ0v) is 9.31. The van der Waals surface area contributed by atoms with Crippen LogP contribution in [0.1, 0.15) is 11.1 Å². The highest BCUT2D eigenvalue weighted by Crippen LogP contribution is 2.26. The largest absolute Gasteiger partial charge is 0.398 e. The standard InChI is InChI=1S/C8H6Br2N2/c9-3-6-1-5(4-11)2-7(10)8(6)12/h1-2H,3,12H2. The zero-order chi connectivity index (χ0) is 9.14. The van der Waals surface area contributed by atoms with Crippen LogP contribution in [0.15, 0.2) is 16.6 Å². The summed E-state index contributed by atoms with van der Waals surface area (Å²) in [7, 11) is 0. The highest BCUT2D eigenvalue weighted by Gasteiger charge is 2.04. The first-order valence-corrected chi connectivity index (χ1v) is 5.14. The molecule has 2 N–H and O–H groups in total. The van der Waals surface area contributed by atoms with E-state index in [1.54, 1.807) is 12.1 Å². The van der Waals surface area contributed by atoms with E-state index in [9.17, 15) is 0 Å². The van der Waals surface area contributed by atoms with Gasteiger partial charge in [0.25, 0.3) is 0 Å². The fourth-order valence-corrected chi connectivity index (χ4v) is 1.82. The summed E-state index contributed by atoms with van der Waals surface area (Å²) in [6.45, 7) is 0. The Kier molecular flexibility index (Phi) is 3.12. The maximum absolute atomic E-state index is 8.65. The van der Waals surface area contributed by atoms with Gasteiger partial charge in [-0.2, -0.15) is 5.26 Å².